The molecule has 8 nitrogen and oxygen atoms in total. The Hall–Kier alpha value is -2.62. The number of carbonyl (C=O) groups is 3. The number of nitrogens with one attached hydrogen (secondary N) is 1. The van der Waals surface area contributed by atoms with Gasteiger partial charge in [0.15, 0.2) is 0 Å². The van der Waals surface area contributed by atoms with Crippen LogP contribution in [0.15, 0.2) is 60.8 Å². The molecule has 1 unspecified atom stereocenters. The Morgan fingerprint density at radius 3 is 2.24 bits per heavy atom. The molecular weight excluding hydrogens is 456 g/mol. The molecule has 9 heteroatoms. The summed E-state index contributed by atoms with van der Waals surface area (Å²) in [5.74, 6) is -2.51. The fraction of sp³-hybridized carbons (Fsp3) is 0.480. The first-order valence-corrected chi connectivity index (χ1v) is 12.4. The number of carbonyl (C=O) groups excluding carboxylic acids is 1. The molecule has 0 heterocycles. The molecule has 0 aromatic heterocycles. The highest BCUT2D eigenvalue weighted by atomic mass is 32.2. The Kier molecular flexibility index (Phi) is 19.3. The van der Waals surface area contributed by atoms with Crippen LogP contribution >= 0.6 is 11.8 Å². The van der Waals surface area contributed by atoms with Gasteiger partial charge in [0.05, 0.1) is 12.1 Å². The van der Waals surface area contributed by atoms with Crippen LogP contribution in [-0.2, 0) is 14.4 Å². The van der Waals surface area contributed by atoms with E-state index in [2.05, 4.69) is 36.5 Å². The molecule has 0 fully saturated rings. The Morgan fingerprint density at radius 2 is 1.59 bits per heavy atom. The number of rotatable bonds is 19. The molecule has 0 aliphatic carbocycles. The third kappa shape index (κ3) is 18.9. The van der Waals surface area contributed by atoms with E-state index in [1.54, 1.807) is 12.2 Å². The van der Waals surface area contributed by atoms with E-state index < -0.39 is 41.8 Å². The van der Waals surface area contributed by atoms with E-state index in [4.69, 9.17) is 15.9 Å². The second-order valence-corrected chi connectivity index (χ2v) is 8.60. The second kappa shape index (κ2) is 20.9. The van der Waals surface area contributed by atoms with Crippen molar-refractivity contribution in [1.82, 2.24) is 5.32 Å². The maximum atomic E-state index is 11.9. The molecule has 0 saturated heterocycles. The summed E-state index contributed by atoms with van der Waals surface area (Å²) in [5.41, 5.74) is 5.82. The van der Waals surface area contributed by atoms with Gasteiger partial charge in [-0.05, 0) is 32.1 Å². The van der Waals surface area contributed by atoms with E-state index >= 15 is 0 Å². The lowest BCUT2D eigenvalue weighted by Gasteiger charge is -2.21. The lowest BCUT2D eigenvalue weighted by atomic mass is 10.1. The van der Waals surface area contributed by atoms with Crippen molar-refractivity contribution in [2.45, 2.75) is 62.8 Å². The predicted molar refractivity (Wildman–Crippen MR) is 138 cm³/mol. The Balaban J connectivity index is 4.74. The topological polar surface area (TPSA) is 150 Å². The van der Waals surface area contributed by atoms with Crippen LogP contribution in [0.5, 0.6) is 0 Å². The summed E-state index contributed by atoms with van der Waals surface area (Å²) in [6.45, 7) is 1.59. The van der Waals surface area contributed by atoms with E-state index in [9.17, 15) is 19.5 Å². The number of carboxylic acid groups (broad SMARTS) is 2. The zero-order valence-corrected chi connectivity index (χ0v) is 20.5. The molecule has 0 aliphatic heterocycles. The summed E-state index contributed by atoms with van der Waals surface area (Å²) in [5, 5.41) is 29.7. The number of thioether (sulfide) groups is 1. The van der Waals surface area contributed by atoms with Gasteiger partial charge < -0.3 is 26.4 Å². The molecule has 34 heavy (non-hydrogen) atoms. The van der Waals surface area contributed by atoms with Gasteiger partial charge in [-0.25, -0.2) is 0 Å². The Bertz CT molecular complexity index is 746. The van der Waals surface area contributed by atoms with Crippen LogP contribution in [0.3, 0.4) is 0 Å². The maximum Gasteiger partial charge on any atom is 0.322 e. The Labute approximate surface area is 206 Å². The van der Waals surface area contributed by atoms with Crippen LogP contribution in [0.1, 0.15) is 45.4 Å². The second-order valence-electron chi connectivity index (χ2n) is 7.39. The summed E-state index contributed by atoms with van der Waals surface area (Å²) < 4.78 is 0. The SMILES string of the molecule is CC/C=C\C/C=C\C\C=C/C=C/C=C/C(SC[C@H](N)C(=O)NCC(=O)O)[C@@H](O)CCCC(=O)O. The van der Waals surface area contributed by atoms with Gasteiger partial charge in [0, 0.05) is 17.4 Å². The molecule has 0 rings (SSSR count). The van der Waals surface area contributed by atoms with Crippen LogP contribution in [0.4, 0.5) is 0 Å². The molecule has 0 aromatic rings. The number of aliphatic carboxylic acids is 2. The summed E-state index contributed by atoms with van der Waals surface area (Å²) in [6, 6.07) is -0.935. The van der Waals surface area contributed by atoms with E-state index in [0.29, 0.717) is 6.42 Å². The summed E-state index contributed by atoms with van der Waals surface area (Å²) >= 11 is 1.26. The molecule has 6 N–H and O–H groups in total. The average molecular weight is 495 g/mol. The molecule has 0 radical (unpaired) electrons. The van der Waals surface area contributed by atoms with Crippen molar-refractivity contribution in [3.8, 4) is 0 Å². The lowest BCUT2D eigenvalue weighted by Crippen LogP contribution is -2.44. The molecule has 0 spiro atoms. The predicted octanol–water partition coefficient (Wildman–Crippen LogP) is 3.20. The lowest BCUT2D eigenvalue weighted by molar-refractivity contribution is -0.138. The molecule has 0 aromatic carbocycles. The van der Waals surface area contributed by atoms with Gasteiger partial charge in [-0.15, -0.1) is 11.8 Å². The highest BCUT2D eigenvalue weighted by molar-refractivity contribution is 8.00. The van der Waals surface area contributed by atoms with Gasteiger partial charge in [0.25, 0.3) is 0 Å². The van der Waals surface area contributed by atoms with E-state index in [1.807, 2.05) is 24.3 Å². The number of carboxylic acids is 2. The van der Waals surface area contributed by atoms with Crippen LogP contribution in [0.25, 0.3) is 0 Å². The molecular formula is C25H38N2O6S. The molecule has 0 saturated carbocycles. The molecule has 0 aliphatic rings. The minimum atomic E-state index is -1.16. The van der Waals surface area contributed by atoms with Gasteiger partial charge in [0.2, 0.25) is 5.91 Å². The smallest absolute Gasteiger partial charge is 0.322 e. The highest BCUT2D eigenvalue weighted by Gasteiger charge is 2.21. The van der Waals surface area contributed by atoms with E-state index in [0.717, 1.165) is 19.3 Å². The largest absolute Gasteiger partial charge is 0.481 e. The van der Waals surface area contributed by atoms with Crippen molar-refractivity contribution in [1.29, 1.82) is 0 Å². The van der Waals surface area contributed by atoms with Gasteiger partial charge in [-0.1, -0.05) is 67.7 Å². The fourth-order valence-corrected chi connectivity index (χ4v) is 3.72. The van der Waals surface area contributed by atoms with Gasteiger partial charge in [-0.3, -0.25) is 14.4 Å². The van der Waals surface area contributed by atoms with E-state index in [-0.39, 0.29) is 18.6 Å². The standard InChI is InChI=1S/C25H38N2O6S/c1-2-3-4-5-6-7-8-9-10-11-12-13-16-22(21(28)15-14-17-23(29)30)34-19-20(26)25(33)27-18-24(31)32/h3-4,6-7,9-13,16,20-22,28H,2,5,8,14-15,17-19,26H2,1H3,(H,27,33)(H,29,30)(H,31,32)/b4-3-,7-6-,10-9-,12-11+,16-13+/t20-,21-,22?/m0/s1. The van der Waals surface area contributed by atoms with E-state index in [1.165, 1.54) is 11.8 Å². The number of hydrogen-bond donors (Lipinski definition) is 5. The quantitative estimate of drug-likeness (QED) is 0.136. The first-order chi connectivity index (χ1) is 16.3. The van der Waals surface area contributed by atoms with Crippen LogP contribution in [0, 0.1) is 0 Å². The third-order valence-corrected chi connectivity index (χ3v) is 5.78. The fourth-order valence-electron chi connectivity index (χ4n) is 2.58. The third-order valence-electron chi connectivity index (χ3n) is 4.37. The number of aliphatic hydroxyl groups is 1. The first-order valence-electron chi connectivity index (χ1n) is 11.3. The number of allylic oxidation sites excluding steroid dienone is 9. The van der Waals surface area contributed by atoms with Crippen molar-refractivity contribution in [3.63, 3.8) is 0 Å². The number of aliphatic hydroxyl groups excluding tert-OH is 1. The minimum absolute atomic E-state index is 0.0384. The summed E-state index contributed by atoms with van der Waals surface area (Å²) in [6.07, 6.45) is 22.2. The molecule has 1 amide bonds. The normalized spacial score (nSPS) is 15.0. The van der Waals surface area contributed by atoms with Gasteiger partial charge in [-0.2, -0.15) is 0 Å². The number of amides is 1. The summed E-state index contributed by atoms with van der Waals surface area (Å²) in [7, 11) is 0. The minimum Gasteiger partial charge on any atom is -0.481 e. The van der Waals surface area contributed by atoms with Crippen LogP contribution in [-0.4, -0.2) is 62.9 Å². The van der Waals surface area contributed by atoms with Crippen molar-refractivity contribution >= 4 is 29.6 Å². The monoisotopic (exact) mass is 494 g/mol. The van der Waals surface area contributed by atoms with Crippen molar-refractivity contribution in [2.75, 3.05) is 12.3 Å². The van der Waals surface area contributed by atoms with Gasteiger partial charge in [0.1, 0.15) is 6.54 Å². The highest BCUT2D eigenvalue weighted by Crippen LogP contribution is 2.21. The zero-order chi connectivity index (χ0) is 25.6. The average Bonchev–Trinajstić information content (AvgIpc) is 2.79. The molecule has 0 bridgehead atoms. The van der Waals surface area contributed by atoms with Crippen molar-refractivity contribution in [3.05, 3.63) is 60.8 Å². The molecule has 3 atom stereocenters. The van der Waals surface area contributed by atoms with Gasteiger partial charge >= 0.3 is 11.9 Å². The first kappa shape index (κ1) is 31.4. The number of nitrogens with two attached hydrogens (primary N) is 1. The van der Waals surface area contributed by atoms with Crippen molar-refractivity contribution in [2.24, 2.45) is 5.73 Å². The maximum absolute atomic E-state index is 11.9. The van der Waals surface area contributed by atoms with Crippen molar-refractivity contribution < 1.29 is 29.7 Å². The zero-order valence-electron chi connectivity index (χ0n) is 19.7. The Morgan fingerprint density at radius 1 is 0.941 bits per heavy atom. The number of hydrogen-bond acceptors (Lipinski definition) is 6. The summed E-state index contributed by atoms with van der Waals surface area (Å²) in [4.78, 5) is 33.1. The van der Waals surface area contributed by atoms with Crippen LogP contribution < -0.4 is 11.1 Å². The van der Waals surface area contributed by atoms with Crippen LogP contribution in [0.2, 0.25) is 0 Å². The molecule has 190 valence electrons.